The lowest BCUT2D eigenvalue weighted by Crippen LogP contribution is -2.04. The second-order valence-corrected chi connectivity index (χ2v) is 7.56. The van der Waals surface area contributed by atoms with Crippen molar-refractivity contribution in [2.75, 3.05) is 0 Å². The first-order valence-corrected chi connectivity index (χ1v) is 10.3. The van der Waals surface area contributed by atoms with E-state index in [1.54, 1.807) is 30.3 Å². The molecule has 5 aromatic rings. The molecule has 0 unspecified atom stereocenters. The monoisotopic (exact) mass is 480 g/mol. The van der Waals surface area contributed by atoms with Crippen molar-refractivity contribution in [1.29, 1.82) is 0 Å². The topological polar surface area (TPSA) is 98.6 Å². The van der Waals surface area contributed by atoms with E-state index in [1.807, 2.05) is 0 Å². The number of phenolic OH excluding ortho intramolecular Hbond substituents is 1. The molecule has 0 saturated heterocycles. The zero-order valence-electron chi connectivity index (χ0n) is 17.7. The van der Waals surface area contributed by atoms with Gasteiger partial charge in [-0.15, -0.1) is 0 Å². The molecule has 10 heteroatoms. The Labute approximate surface area is 195 Å². The van der Waals surface area contributed by atoms with Crippen LogP contribution in [0.2, 0.25) is 0 Å². The predicted molar refractivity (Wildman–Crippen MR) is 119 cm³/mol. The number of hydrogen-bond acceptors (Lipinski definition) is 7. The first-order chi connectivity index (χ1) is 16.8. The molecule has 0 bridgehead atoms. The number of alkyl halides is 3. The quantitative estimate of drug-likeness (QED) is 0.339. The number of ether oxygens (including phenoxy) is 1. The van der Waals surface area contributed by atoms with Gasteiger partial charge >= 0.3 is 6.18 Å². The Morgan fingerprint density at radius 2 is 1.63 bits per heavy atom. The number of fused-ring (bicyclic) bond motifs is 1. The van der Waals surface area contributed by atoms with Gasteiger partial charge in [0.05, 0.1) is 10.9 Å². The number of aromatic nitrogens is 2. The summed E-state index contributed by atoms with van der Waals surface area (Å²) in [5.74, 6) is 1.04. The Bertz CT molecular complexity index is 1560. The largest absolute Gasteiger partial charge is 0.508 e. The zero-order chi connectivity index (χ0) is 24.6. The molecule has 0 radical (unpaired) electrons. The van der Waals surface area contributed by atoms with E-state index in [-0.39, 0.29) is 29.5 Å². The van der Waals surface area contributed by atoms with Gasteiger partial charge < -0.3 is 18.8 Å². The van der Waals surface area contributed by atoms with Crippen LogP contribution in [-0.2, 0) is 12.8 Å². The van der Waals surface area contributed by atoms with Gasteiger partial charge in [-0.1, -0.05) is 5.16 Å². The third-order valence-corrected chi connectivity index (χ3v) is 5.15. The summed E-state index contributed by atoms with van der Waals surface area (Å²) in [5.41, 5.74) is 0.249. The molecule has 0 aliphatic rings. The van der Waals surface area contributed by atoms with Crippen molar-refractivity contribution >= 4 is 11.0 Å². The lowest BCUT2D eigenvalue weighted by molar-refractivity contribution is -0.137. The molecule has 2 heterocycles. The highest BCUT2D eigenvalue weighted by molar-refractivity contribution is 5.80. The van der Waals surface area contributed by atoms with Crippen LogP contribution < -0.4 is 10.2 Å². The second-order valence-electron chi connectivity index (χ2n) is 7.56. The highest BCUT2D eigenvalue weighted by Crippen LogP contribution is 2.31. The van der Waals surface area contributed by atoms with E-state index in [4.69, 9.17) is 13.7 Å². The predicted octanol–water partition coefficient (Wildman–Crippen LogP) is 5.81. The van der Waals surface area contributed by atoms with Crippen molar-refractivity contribution in [3.05, 3.63) is 94.4 Å². The maximum Gasteiger partial charge on any atom is 0.416 e. The van der Waals surface area contributed by atoms with Crippen LogP contribution in [-0.4, -0.2) is 15.2 Å². The smallest absolute Gasteiger partial charge is 0.416 e. The normalized spacial score (nSPS) is 11.6. The average Bonchev–Trinajstić information content (AvgIpc) is 3.32. The summed E-state index contributed by atoms with van der Waals surface area (Å²) in [5, 5.41) is 13.6. The van der Waals surface area contributed by atoms with Crippen LogP contribution in [0.3, 0.4) is 0 Å². The van der Waals surface area contributed by atoms with Gasteiger partial charge in [-0.2, -0.15) is 18.2 Å². The molecular formula is C25H15F3N2O5. The molecule has 0 aliphatic heterocycles. The molecule has 0 amide bonds. The maximum absolute atomic E-state index is 12.7. The van der Waals surface area contributed by atoms with Crippen LogP contribution in [0.5, 0.6) is 11.5 Å². The van der Waals surface area contributed by atoms with E-state index in [1.165, 1.54) is 30.3 Å². The van der Waals surface area contributed by atoms with Crippen molar-refractivity contribution < 1.29 is 32.0 Å². The maximum atomic E-state index is 12.7. The van der Waals surface area contributed by atoms with Gasteiger partial charge in [0.25, 0.3) is 5.89 Å². The first-order valence-electron chi connectivity index (χ1n) is 10.3. The van der Waals surface area contributed by atoms with E-state index in [0.29, 0.717) is 33.6 Å². The zero-order valence-corrected chi connectivity index (χ0v) is 17.7. The molecule has 5 rings (SSSR count). The summed E-state index contributed by atoms with van der Waals surface area (Å²) in [4.78, 5) is 16.6. The van der Waals surface area contributed by atoms with Crippen molar-refractivity contribution in [1.82, 2.24) is 10.1 Å². The van der Waals surface area contributed by atoms with Crippen LogP contribution in [0.15, 0.2) is 86.5 Å². The van der Waals surface area contributed by atoms with Crippen molar-refractivity contribution in [2.45, 2.75) is 12.8 Å². The number of hydrogen-bond donors (Lipinski definition) is 1. The molecule has 1 N–H and O–H groups in total. The Morgan fingerprint density at radius 3 is 2.34 bits per heavy atom. The molecule has 2 aromatic heterocycles. The molecular weight excluding hydrogens is 465 g/mol. The van der Waals surface area contributed by atoms with Gasteiger partial charge in [0.1, 0.15) is 22.8 Å². The Balaban J connectivity index is 1.33. The van der Waals surface area contributed by atoms with Gasteiger partial charge in [0.15, 0.2) is 12.0 Å². The van der Waals surface area contributed by atoms with Crippen LogP contribution in [0.25, 0.3) is 33.7 Å². The van der Waals surface area contributed by atoms with Gasteiger partial charge in [0, 0.05) is 23.3 Å². The summed E-state index contributed by atoms with van der Waals surface area (Å²) in [6.45, 7) is -0.0858. The molecule has 176 valence electrons. The minimum Gasteiger partial charge on any atom is -0.508 e. The van der Waals surface area contributed by atoms with E-state index in [9.17, 15) is 23.1 Å². The minimum absolute atomic E-state index is 0.0559. The van der Waals surface area contributed by atoms with Crippen molar-refractivity contribution in [2.24, 2.45) is 0 Å². The fraction of sp³-hybridized carbons (Fsp3) is 0.0800. The van der Waals surface area contributed by atoms with E-state index in [0.717, 1.165) is 12.1 Å². The van der Waals surface area contributed by atoms with Gasteiger partial charge in [-0.3, -0.25) is 4.79 Å². The molecule has 0 fully saturated rings. The number of rotatable bonds is 5. The van der Waals surface area contributed by atoms with Crippen LogP contribution in [0.4, 0.5) is 13.2 Å². The molecule has 0 saturated carbocycles. The standard InChI is InChI=1S/C25H15F3N2O5/c26-25(27,28)16-5-1-15(2-6-16)24-29-23(30-35-24)13-33-18-9-10-19-20(32)12-21(34-22(19)11-18)14-3-7-17(31)8-4-14/h1-12,31H,13H2. The average molecular weight is 480 g/mol. The molecule has 3 aromatic carbocycles. The Kier molecular flexibility index (Phi) is 5.48. The minimum atomic E-state index is -4.43. The lowest BCUT2D eigenvalue weighted by atomic mass is 10.1. The van der Waals surface area contributed by atoms with Crippen LogP contribution in [0, 0.1) is 0 Å². The fourth-order valence-corrected chi connectivity index (χ4v) is 3.37. The fourth-order valence-electron chi connectivity index (χ4n) is 3.37. The number of nitrogens with zero attached hydrogens (tertiary/aromatic N) is 2. The summed E-state index contributed by atoms with van der Waals surface area (Å²) in [6.07, 6.45) is -4.43. The third-order valence-electron chi connectivity index (χ3n) is 5.15. The highest BCUT2D eigenvalue weighted by Gasteiger charge is 2.30. The molecule has 0 atom stereocenters. The van der Waals surface area contributed by atoms with Gasteiger partial charge in [-0.05, 0) is 60.7 Å². The van der Waals surface area contributed by atoms with Gasteiger partial charge in [-0.25, -0.2) is 0 Å². The number of benzene rings is 3. The molecule has 35 heavy (non-hydrogen) atoms. The highest BCUT2D eigenvalue weighted by atomic mass is 19.4. The van der Waals surface area contributed by atoms with Gasteiger partial charge in [0.2, 0.25) is 5.82 Å². The SMILES string of the molecule is O=c1cc(-c2ccc(O)cc2)oc2cc(OCc3noc(-c4ccc(C(F)(F)F)cc4)n3)ccc12. The lowest BCUT2D eigenvalue weighted by Gasteiger charge is -2.06. The first kappa shape index (κ1) is 22.2. The molecule has 0 spiro atoms. The van der Waals surface area contributed by atoms with Crippen LogP contribution in [0.1, 0.15) is 11.4 Å². The number of halogens is 3. The number of phenols is 1. The summed E-state index contributed by atoms with van der Waals surface area (Å²) >= 11 is 0. The Morgan fingerprint density at radius 1 is 0.914 bits per heavy atom. The summed E-state index contributed by atoms with van der Waals surface area (Å²) in [6, 6.07) is 16.7. The molecule has 0 aliphatic carbocycles. The van der Waals surface area contributed by atoms with E-state index < -0.39 is 11.7 Å². The number of aromatic hydroxyl groups is 1. The van der Waals surface area contributed by atoms with E-state index in [2.05, 4.69) is 10.1 Å². The van der Waals surface area contributed by atoms with Crippen LogP contribution >= 0.6 is 0 Å². The van der Waals surface area contributed by atoms with Crippen molar-refractivity contribution in [3.8, 4) is 34.3 Å². The summed E-state index contributed by atoms with van der Waals surface area (Å²) < 4.78 is 54.9. The van der Waals surface area contributed by atoms with Crippen molar-refractivity contribution in [3.63, 3.8) is 0 Å². The second kappa shape index (κ2) is 8.64. The molecule has 7 nitrogen and oxygen atoms in total. The third kappa shape index (κ3) is 4.72. The Hall–Kier alpha value is -4.60. The van der Waals surface area contributed by atoms with E-state index >= 15 is 0 Å². The summed E-state index contributed by atoms with van der Waals surface area (Å²) in [7, 11) is 0.